The summed E-state index contributed by atoms with van der Waals surface area (Å²) < 4.78 is 0. The summed E-state index contributed by atoms with van der Waals surface area (Å²) in [5.41, 5.74) is 0.527. The molecule has 0 aliphatic carbocycles. The van der Waals surface area contributed by atoms with Crippen LogP contribution in [0.25, 0.3) is 10.8 Å². The Balaban J connectivity index is 2.14. The van der Waals surface area contributed by atoms with Gasteiger partial charge in [0.05, 0.1) is 17.5 Å². The molecule has 6 heteroatoms. The zero-order valence-electron chi connectivity index (χ0n) is 10.8. The van der Waals surface area contributed by atoms with Gasteiger partial charge in [-0.25, -0.2) is 0 Å². The van der Waals surface area contributed by atoms with E-state index < -0.39 is 17.8 Å². The van der Waals surface area contributed by atoms with Gasteiger partial charge in [0.2, 0.25) is 0 Å². The van der Waals surface area contributed by atoms with E-state index in [0.29, 0.717) is 21.4 Å². The fourth-order valence-electron chi connectivity index (χ4n) is 2.51. The molecule has 0 aromatic heterocycles. The van der Waals surface area contributed by atoms with E-state index in [4.69, 9.17) is 16.7 Å². The normalized spacial score (nSPS) is 13.9. The maximum Gasteiger partial charge on any atom is 0.305 e. The Morgan fingerprint density at radius 1 is 1.14 bits per heavy atom. The molecule has 0 unspecified atom stereocenters. The van der Waals surface area contributed by atoms with Crippen LogP contribution in [0, 0.1) is 0 Å². The van der Waals surface area contributed by atoms with Crippen molar-refractivity contribution >= 4 is 40.2 Å². The van der Waals surface area contributed by atoms with E-state index in [1.807, 2.05) is 0 Å². The van der Waals surface area contributed by atoms with Crippen LogP contribution in [-0.4, -0.2) is 34.3 Å². The molecule has 0 radical (unpaired) electrons. The van der Waals surface area contributed by atoms with Gasteiger partial charge >= 0.3 is 5.97 Å². The minimum Gasteiger partial charge on any atom is -0.481 e. The number of halogens is 1. The van der Waals surface area contributed by atoms with Crippen molar-refractivity contribution in [1.29, 1.82) is 0 Å². The third kappa shape index (κ3) is 2.06. The third-order valence-corrected chi connectivity index (χ3v) is 3.79. The van der Waals surface area contributed by atoms with Crippen LogP contribution in [0.4, 0.5) is 0 Å². The van der Waals surface area contributed by atoms with E-state index in [0.717, 1.165) is 4.90 Å². The van der Waals surface area contributed by atoms with Crippen LogP contribution in [0.1, 0.15) is 27.1 Å². The Labute approximate surface area is 124 Å². The number of imide groups is 1. The molecule has 0 saturated heterocycles. The largest absolute Gasteiger partial charge is 0.481 e. The van der Waals surface area contributed by atoms with Gasteiger partial charge in [-0.1, -0.05) is 35.9 Å². The highest BCUT2D eigenvalue weighted by Crippen LogP contribution is 2.34. The number of amides is 2. The Morgan fingerprint density at radius 2 is 1.81 bits per heavy atom. The van der Waals surface area contributed by atoms with Gasteiger partial charge in [0.15, 0.2) is 0 Å². The minimum atomic E-state index is -1.06. The van der Waals surface area contributed by atoms with Gasteiger partial charge in [0.1, 0.15) is 0 Å². The summed E-state index contributed by atoms with van der Waals surface area (Å²) in [5, 5.41) is 10.4. The van der Waals surface area contributed by atoms with Gasteiger partial charge in [0, 0.05) is 17.0 Å². The molecule has 1 heterocycles. The zero-order valence-corrected chi connectivity index (χ0v) is 11.6. The maximum atomic E-state index is 12.4. The van der Waals surface area contributed by atoms with Gasteiger partial charge in [-0.2, -0.15) is 0 Å². The van der Waals surface area contributed by atoms with Crippen molar-refractivity contribution in [3.05, 3.63) is 46.5 Å². The summed E-state index contributed by atoms with van der Waals surface area (Å²) in [6.45, 7) is -0.145. The van der Waals surface area contributed by atoms with Gasteiger partial charge in [0.25, 0.3) is 11.8 Å². The molecule has 0 saturated carbocycles. The molecule has 21 heavy (non-hydrogen) atoms. The van der Waals surface area contributed by atoms with Crippen molar-refractivity contribution in [3.8, 4) is 0 Å². The smallest absolute Gasteiger partial charge is 0.305 e. The number of rotatable bonds is 3. The second-order valence-corrected chi connectivity index (χ2v) is 5.14. The van der Waals surface area contributed by atoms with Crippen LogP contribution in [-0.2, 0) is 4.79 Å². The molecule has 5 nitrogen and oxygen atoms in total. The lowest BCUT2D eigenvalue weighted by Gasteiger charge is -2.11. The molecule has 0 fully saturated rings. The quantitative estimate of drug-likeness (QED) is 0.884. The molecule has 2 aromatic carbocycles. The number of aliphatic carboxylic acids is 1. The number of benzene rings is 2. The second kappa shape index (κ2) is 4.86. The molecule has 0 atom stereocenters. The number of hydrogen-bond donors (Lipinski definition) is 1. The van der Waals surface area contributed by atoms with Crippen LogP contribution >= 0.6 is 11.6 Å². The Morgan fingerprint density at radius 3 is 2.48 bits per heavy atom. The highest BCUT2D eigenvalue weighted by molar-refractivity contribution is 6.38. The van der Waals surface area contributed by atoms with Crippen LogP contribution in [0.2, 0.25) is 5.02 Å². The lowest BCUT2D eigenvalue weighted by Crippen LogP contribution is -2.31. The number of carbonyl (C=O) groups excluding carboxylic acids is 2. The van der Waals surface area contributed by atoms with Crippen LogP contribution in [0.3, 0.4) is 0 Å². The fraction of sp³-hybridized carbons (Fsp3) is 0.133. The molecule has 0 spiro atoms. The minimum absolute atomic E-state index is 0.145. The van der Waals surface area contributed by atoms with E-state index >= 15 is 0 Å². The molecule has 1 aliphatic heterocycles. The van der Waals surface area contributed by atoms with Gasteiger partial charge in [-0.05, 0) is 11.5 Å². The SMILES string of the molecule is O=C(O)CCN1C(=O)c2cc(Cl)c3ccccc3c2C1=O. The van der Waals surface area contributed by atoms with E-state index in [1.165, 1.54) is 6.07 Å². The van der Waals surface area contributed by atoms with Gasteiger partial charge in [-0.15, -0.1) is 0 Å². The van der Waals surface area contributed by atoms with Crippen LogP contribution < -0.4 is 0 Å². The molecular weight excluding hydrogens is 294 g/mol. The van der Waals surface area contributed by atoms with E-state index in [2.05, 4.69) is 0 Å². The Bertz CT molecular complexity index is 800. The molecule has 1 aliphatic rings. The Kier molecular flexibility index (Phi) is 3.14. The number of nitrogens with zero attached hydrogens (tertiary/aromatic N) is 1. The number of fused-ring (bicyclic) bond motifs is 3. The van der Waals surface area contributed by atoms with Crippen molar-refractivity contribution in [2.75, 3.05) is 6.54 Å². The average molecular weight is 304 g/mol. The van der Waals surface area contributed by atoms with Crippen molar-refractivity contribution in [3.63, 3.8) is 0 Å². The highest BCUT2D eigenvalue weighted by atomic mass is 35.5. The Hall–Kier alpha value is -2.40. The first kappa shape index (κ1) is 13.6. The first-order chi connectivity index (χ1) is 10.0. The van der Waals surface area contributed by atoms with Crippen molar-refractivity contribution in [2.45, 2.75) is 6.42 Å². The van der Waals surface area contributed by atoms with Crippen molar-refractivity contribution < 1.29 is 19.5 Å². The van der Waals surface area contributed by atoms with Crippen LogP contribution in [0.15, 0.2) is 30.3 Å². The van der Waals surface area contributed by atoms with E-state index in [-0.39, 0.29) is 18.5 Å². The van der Waals surface area contributed by atoms with Gasteiger partial charge < -0.3 is 5.11 Å². The maximum absolute atomic E-state index is 12.4. The fourth-order valence-corrected chi connectivity index (χ4v) is 2.79. The molecule has 2 amide bonds. The third-order valence-electron chi connectivity index (χ3n) is 3.48. The molecule has 106 valence electrons. The average Bonchev–Trinajstić information content (AvgIpc) is 2.69. The molecular formula is C15H10ClNO4. The predicted octanol–water partition coefficient (Wildman–Crippen LogP) is 2.56. The van der Waals surface area contributed by atoms with E-state index in [1.54, 1.807) is 24.3 Å². The summed E-state index contributed by atoms with van der Waals surface area (Å²) in [6, 6.07) is 8.53. The number of hydrogen-bond acceptors (Lipinski definition) is 3. The monoisotopic (exact) mass is 303 g/mol. The van der Waals surface area contributed by atoms with Crippen molar-refractivity contribution in [1.82, 2.24) is 4.90 Å². The zero-order chi connectivity index (χ0) is 15.1. The first-order valence-electron chi connectivity index (χ1n) is 6.30. The number of carbonyl (C=O) groups is 3. The summed E-state index contributed by atoms with van der Waals surface area (Å²) >= 11 is 6.15. The number of carboxylic acid groups (broad SMARTS) is 1. The standard InChI is InChI=1S/C15H10ClNO4/c16-11-7-10-13(9-4-2-1-3-8(9)11)15(21)17(14(10)20)6-5-12(18)19/h1-4,7H,5-6H2,(H,18,19). The lowest BCUT2D eigenvalue weighted by molar-refractivity contribution is -0.137. The summed E-state index contributed by atoms with van der Waals surface area (Å²) in [6.07, 6.45) is -0.281. The van der Waals surface area contributed by atoms with Crippen molar-refractivity contribution in [2.24, 2.45) is 0 Å². The molecule has 2 aromatic rings. The first-order valence-corrected chi connectivity index (χ1v) is 6.67. The number of carboxylic acids is 1. The highest BCUT2D eigenvalue weighted by Gasteiger charge is 2.37. The van der Waals surface area contributed by atoms with Gasteiger partial charge in [-0.3, -0.25) is 19.3 Å². The molecule has 1 N–H and O–H groups in total. The molecule has 3 rings (SSSR count). The topological polar surface area (TPSA) is 74.7 Å². The summed E-state index contributed by atoms with van der Waals surface area (Å²) in [5.74, 6) is -2.03. The van der Waals surface area contributed by atoms with E-state index in [9.17, 15) is 14.4 Å². The summed E-state index contributed by atoms with van der Waals surface area (Å²) in [4.78, 5) is 36.3. The molecule has 0 bridgehead atoms. The second-order valence-electron chi connectivity index (χ2n) is 4.73. The van der Waals surface area contributed by atoms with Crippen LogP contribution in [0.5, 0.6) is 0 Å². The summed E-state index contributed by atoms with van der Waals surface area (Å²) in [7, 11) is 0. The predicted molar refractivity (Wildman–Crippen MR) is 76.6 cm³/mol. The lowest BCUT2D eigenvalue weighted by atomic mass is 10.0.